The highest BCUT2D eigenvalue weighted by Crippen LogP contribution is 2.23. The van der Waals surface area contributed by atoms with Crippen molar-refractivity contribution in [1.82, 2.24) is 5.16 Å². The molecule has 0 saturated carbocycles. The second-order valence-electron chi connectivity index (χ2n) is 6.17. The van der Waals surface area contributed by atoms with Gasteiger partial charge in [-0.3, -0.25) is 14.9 Å². The Kier molecular flexibility index (Phi) is 4.68. The quantitative estimate of drug-likeness (QED) is 0.782. The molecule has 1 aromatic carbocycles. The lowest BCUT2D eigenvalue weighted by molar-refractivity contribution is -0.114. The number of nitrogens with zero attached hydrogens (tertiary/aromatic N) is 1. The standard InChI is InChI=1S/C16H20N4O3/c1-16(2,3)12-8-14(23-20-12)19-13(21)9-18-11-6-4-10(5-7-11)15(17)22/h4-8,18H,9H2,1-3H3,(H2,17,22)(H,19,21). The summed E-state index contributed by atoms with van der Waals surface area (Å²) in [6.45, 7) is 6.08. The number of hydrogen-bond donors (Lipinski definition) is 3. The molecule has 23 heavy (non-hydrogen) atoms. The Bertz CT molecular complexity index is 699. The van der Waals surface area contributed by atoms with Crippen molar-refractivity contribution in [3.63, 3.8) is 0 Å². The Morgan fingerprint density at radius 3 is 2.39 bits per heavy atom. The molecule has 0 unspecified atom stereocenters. The Balaban J connectivity index is 1.87. The van der Waals surface area contributed by atoms with Crippen LogP contribution in [0.3, 0.4) is 0 Å². The molecule has 2 rings (SSSR count). The van der Waals surface area contributed by atoms with Crippen molar-refractivity contribution < 1.29 is 14.1 Å². The summed E-state index contributed by atoms with van der Waals surface area (Å²) in [6.07, 6.45) is 0. The summed E-state index contributed by atoms with van der Waals surface area (Å²) in [4.78, 5) is 22.9. The van der Waals surface area contributed by atoms with Crippen LogP contribution < -0.4 is 16.4 Å². The van der Waals surface area contributed by atoms with E-state index in [0.717, 1.165) is 5.69 Å². The van der Waals surface area contributed by atoms with Gasteiger partial charge in [-0.05, 0) is 24.3 Å². The zero-order valence-electron chi connectivity index (χ0n) is 13.3. The highest BCUT2D eigenvalue weighted by molar-refractivity contribution is 5.94. The number of benzene rings is 1. The molecule has 0 spiro atoms. The van der Waals surface area contributed by atoms with E-state index in [1.54, 1.807) is 30.3 Å². The number of primary amides is 1. The smallest absolute Gasteiger partial charge is 0.248 e. The molecular weight excluding hydrogens is 296 g/mol. The van der Waals surface area contributed by atoms with Crippen LogP contribution >= 0.6 is 0 Å². The molecule has 4 N–H and O–H groups in total. The molecule has 0 atom stereocenters. The van der Waals surface area contributed by atoms with Gasteiger partial charge in [0.2, 0.25) is 17.7 Å². The first-order chi connectivity index (χ1) is 10.8. The first-order valence-corrected chi connectivity index (χ1v) is 7.16. The van der Waals surface area contributed by atoms with E-state index >= 15 is 0 Å². The van der Waals surface area contributed by atoms with E-state index in [9.17, 15) is 9.59 Å². The molecule has 0 radical (unpaired) electrons. The Hall–Kier alpha value is -2.83. The number of aromatic nitrogens is 1. The fourth-order valence-corrected chi connectivity index (χ4v) is 1.80. The number of carbonyl (C=O) groups is 2. The fraction of sp³-hybridized carbons (Fsp3) is 0.312. The minimum atomic E-state index is -0.491. The van der Waals surface area contributed by atoms with Crippen molar-refractivity contribution in [3.8, 4) is 0 Å². The maximum Gasteiger partial charge on any atom is 0.248 e. The molecule has 7 heteroatoms. The van der Waals surface area contributed by atoms with E-state index < -0.39 is 5.91 Å². The number of nitrogens with one attached hydrogen (secondary N) is 2. The van der Waals surface area contributed by atoms with Crippen LogP contribution in [0.4, 0.5) is 11.6 Å². The Morgan fingerprint density at radius 2 is 1.87 bits per heavy atom. The summed E-state index contributed by atoms with van der Waals surface area (Å²) >= 11 is 0. The second kappa shape index (κ2) is 6.51. The van der Waals surface area contributed by atoms with Gasteiger partial charge in [0.15, 0.2) is 0 Å². The maximum atomic E-state index is 11.9. The molecule has 0 fully saturated rings. The van der Waals surface area contributed by atoms with Gasteiger partial charge in [0.1, 0.15) is 0 Å². The number of anilines is 2. The minimum absolute atomic E-state index is 0.0570. The summed E-state index contributed by atoms with van der Waals surface area (Å²) in [6, 6.07) is 8.25. The van der Waals surface area contributed by atoms with E-state index in [-0.39, 0.29) is 17.9 Å². The molecule has 0 saturated heterocycles. The Morgan fingerprint density at radius 1 is 1.22 bits per heavy atom. The minimum Gasteiger partial charge on any atom is -0.376 e. The van der Waals surface area contributed by atoms with Crippen molar-refractivity contribution in [3.05, 3.63) is 41.6 Å². The molecule has 1 heterocycles. The van der Waals surface area contributed by atoms with Crippen molar-refractivity contribution in [2.24, 2.45) is 5.73 Å². The van der Waals surface area contributed by atoms with Gasteiger partial charge in [0.25, 0.3) is 0 Å². The van der Waals surface area contributed by atoms with Gasteiger partial charge in [-0.2, -0.15) is 0 Å². The lowest BCUT2D eigenvalue weighted by Crippen LogP contribution is -2.21. The van der Waals surface area contributed by atoms with Crippen LogP contribution in [-0.2, 0) is 10.2 Å². The molecule has 1 aromatic heterocycles. The van der Waals surface area contributed by atoms with Crippen LogP contribution in [0.5, 0.6) is 0 Å². The normalized spacial score (nSPS) is 11.1. The number of rotatable bonds is 5. The number of hydrogen-bond acceptors (Lipinski definition) is 5. The zero-order chi connectivity index (χ0) is 17.0. The van der Waals surface area contributed by atoms with Crippen LogP contribution in [0.25, 0.3) is 0 Å². The van der Waals surface area contributed by atoms with Crippen LogP contribution in [0.15, 0.2) is 34.9 Å². The molecule has 0 bridgehead atoms. The SMILES string of the molecule is CC(C)(C)c1cc(NC(=O)CNc2ccc(C(N)=O)cc2)on1. The molecule has 0 aliphatic rings. The summed E-state index contributed by atoms with van der Waals surface area (Å²) in [5, 5.41) is 9.50. The summed E-state index contributed by atoms with van der Waals surface area (Å²) in [5.41, 5.74) is 6.91. The van der Waals surface area contributed by atoms with Gasteiger partial charge in [-0.25, -0.2) is 0 Å². The molecule has 0 aliphatic heterocycles. The monoisotopic (exact) mass is 316 g/mol. The average molecular weight is 316 g/mol. The second-order valence-corrected chi connectivity index (χ2v) is 6.17. The van der Waals surface area contributed by atoms with E-state index in [0.29, 0.717) is 17.1 Å². The van der Waals surface area contributed by atoms with Crippen LogP contribution in [0.2, 0.25) is 0 Å². The van der Waals surface area contributed by atoms with Crippen molar-refractivity contribution >= 4 is 23.4 Å². The number of carbonyl (C=O) groups excluding carboxylic acids is 2. The van der Waals surface area contributed by atoms with Crippen LogP contribution in [-0.4, -0.2) is 23.5 Å². The lowest BCUT2D eigenvalue weighted by Gasteiger charge is -2.12. The molecular formula is C16H20N4O3. The topological polar surface area (TPSA) is 110 Å². The van der Waals surface area contributed by atoms with E-state index in [2.05, 4.69) is 15.8 Å². The van der Waals surface area contributed by atoms with Gasteiger partial charge >= 0.3 is 0 Å². The molecule has 2 amide bonds. The van der Waals surface area contributed by atoms with Crippen LogP contribution in [0.1, 0.15) is 36.8 Å². The van der Waals surface area contributed by atoms with E-state index in [4.69, 9.17) is 10.3 Å². The molecule has 0 aliphatic carbocycles. The summed E-state index contributed by atoms with van der Waals surface area (Å²) in [7, 11) is 0. The third-order valence-electron chi connectivity index (χ3n) is 3.16. The van der Waals surface area contributed by atoms with Gasteiger partial charge in [-0.1, -0.05) is 25.9 Å². The van der Waals surface area contributed by atoms with Gasteiger partial charge in [0, 0.05) is 22.7 Å². The van der Waals surface area contributed by atoms with Gasteiger partial charge in [0.05, 0.1) is 12.2 Å². The number of amides is 2. The lowest BCUT2D eigenvalue weighted by atomic mass is 9.92. The summed E-state index contributed by atoms with van der Waals surface area (Å²) in [5.74, 6) is -0.444. The fourth-order valence-electron chi connectivity index (χ4n) is 1.80. The van der Waals surface area contributed by atoms with Crippen LogP contribution in [0, 0.1) is 0 Å². The zero-order valence-corrected chi connectivity index (χ0v) is 13.3. The average Bonchev–Trinajstić information content (AvgIpc) is 2.94. The summed E-state index contributed by atoms with van der Waals surface area (Å²) < 4.78 is 5.09. The first kappa shape index (κ1) is 16.5. The molecule has 122 valence electrons. The predicted octanol–water partition coefficient (Wildman–Crippen LogP) is 2.12. The van der Waals surface area contributed by atoms with Crippen molar-refractivity contribution in [1.29, 1.82) is 0 Å². The first-order valence-electron chi connectivity index (χ1n) is 7.16. The third kappa shape index (κ3) is 4.57. The largest absolute Gasteiger partial charge is 0.376 e. The highest BCUT2D eigenvalue weighted by atomic mass is 16.5. The van der Waals surface area contributed by atoms with Gasteiger partial charge < -0.3 is 15.6 Å². The maximum absolute atomic E-state index is 11.9. The third-order valence-corrected chi connectivity index (χ3v) is 3.16. The van der Waals surface area contributed by atoms with E-state index in [1.165, 1.54) is 0 Å². The molecule has 7 nitrogen and oxygen atoms in total. The molecule has 2 aromatic rings. The number of nitrogens with two attached hydrogens (primary N) is 1. The van der Waals surface area contributed by atoms with Crippen molar-refractivity contribution in [2.75, 3.05) is 17.2 Å². The highest BCUT2D eigenvalue weighted by Gasteiger charge is 2.19. The Labute approximate surface area is 134 Å². The predicted molar refractivity (Wildman–Crippen MR) is 87.3 cm³/mol. The van der Waals surface area contributed by atoms with Crippen molar-refractivity contribution in [2.45, 2.75) is 26.2 Å². The van der Waals surface area contributed by atoms with E-state index in [1.807, 2.05) is 20.8 Å². The van der Waals surface area contributed by atoms with Gasteiger partial charge in [-0.15, -0.1) is 0 Å².